The van der Waals surface area contributed by atoms with Crippen LogP contribution in [0.1, 0.15) is 16.1 Å². The van der Waals surface area contributed by atoms with Crippen molar-refractivity contribution in [2.24, 2.45) is 0 Å². The summed E-state index contributed by atoms with van der Waals surface area (Å²) in [5.74, 6) is 0.126. The SMILES string of the molecule is Nc1ccc(-c2nc(C(=O)NC(CSCc3ccccc3)C(=O)Nc3ccc([N+](=O)[O-])cc3)co2)cc1. The molecule has 0 fully saturated rings. The number of nitrogen functional groups attached to an aromatic ring is 1. The standard InChI is InChI=1S/C26H23N5O5S/c27-19-8-6-18(7-9-19)26-30-22(14-36-26)24(32)29-23(16-37-15-17-4-2-1-3-5-17)25(33)28-20-10-12-21(13-11-20)31(34)35/h1-14,23H,15-16,27H2,(H,28,33)(H,29,32). The predicted molar refractivity (Wildman–Crippen MR) is 142 cm³/mol. The Kier molecular flexibility index (Phi) is 8.16. The average molecular weight is 518 g/mol. The third kappa shape index (κ3) is 6.95. The predicted octanol–water partition coefficient (Wildman–Crippen LogP) is 4.50. The Labute approximate surface area is 216 Å². The number of anilines is 2. The van der Waals surface area contributed by atoms with E-state index in [4.69, 9.17) is 10.2 Å². The van der Waals surface area contributed by atoms with Crippen LogP contribution < -0.4 is 16.4 Å². The van der Waals surface area contributed by atoms with Gasteiger partial charge in [0, 0.05) is 40.6 Å². The van der Waals surface area contributed by atoms with Crippen molar-refractivity contribution >= 4 is 40.6 Å². The lowest BCUT2D eigenvalue weighted by Crippen LogP contribution is -2.45. The molecule has 0 aliphatic carbocycles. The highest BCUT2D eigenvalue weighted by molar-refractivity contribution is 7.98. The van der Waals surface area contributed by atoms with Gasteiger partial charge in [0.1, 0.15) is 12.3 Å². The maximum absolute atomic E-state index is 13.1. The van der Waals surface area contributed by atoms with E-state index in [0.717, 1.165) is 5.56 Å². The van der Waals surface area contributed by atoms with Gasteiger partial charge in [-0.05, 0) is 42.0 Å². The molecule has 1 unspecified atom stereocenters. The molecule has 0 aliphatic rings. The Morgan fingerprint density at radius 2 is 1.73 bits per heavy atom. The Morgan fingerprint density at radius 3 is 2.41 bits per heavy atom. The van der Waals surface area contributed by atoms with Crippen LogP contribution in [0.4, 0.5) is 17.1 Å². The molecule has 4 N–H and O–H groups in total. The van der Waals surface area contributed by atoms with Crippen molar-refractivity contribution in [1.82, 2.24) is 10.3 Å². The summed E-state index contributed by atoms with van der Waals surface area (Å²) in [7, 11) is 0. The van der Waals surface area contributed by atoms with Crippen molar-refractivity contribution in [2.45, 2.75) is 11.8 Å². The number of amides is 2. The summed E-state index contributed by atoms with van der Waals surface area (Å²) in [6.45, 7) is 0. The Morgan fingerprint density at radius 1 is 1.03 bits per heavy atom. The molecule has 0 radical (unpaired) electrons. The van der Waals surface area contributed by atoms with Crippen LogP contribution in [0.15, 0.2) is 89.5 Å². The van der Waals surface area contributed by atoms with Crippen LogP contribution in [-0.4, -0.2) is 33.5 Å². The zero-order valence-corrected chi connectivity index (χ0v) is 20.3. The molecule has 1 aromatic heterocycles. The lowest BCUT2D eigenvalue weighted by atomic mass is 10.2. The molecular formula is C26H23N5O5S. The van der Waals surface area contributed by atoms with Crippen molar-refractivity contribution < 1.29 is 18.9 Å². The molecule has 0 saturated carbocycles. The fraction of sp³-hybridized carbons (Fsp3) is 0.115. The van der Waals surface area contributed by atoms with Gasteiger partial charge in [-0.2, -0.15) is 11.8 Å². The number of thioether (sulfide) groups is 1. The summed E-state index contributed by atoms with van der Waals surface area (Å²) < 4.78 is 5.45. The van der Waals surface area contributed by atoms with E-state index in [1.807, 2.05) is 30.3 Å². The van der Waals surface area contributed by atoms with E-state index in [-0.39, 0.29) is 23.0 Å². The van der Waals surface area contributed by atoms with Crippen molar-refractivity contribution in [1.29, 1.82) is 0 Å². The van der Waals surface area contributed by atoms with Gasteiger partial charge in [0.2, 0.25) is 11.8 Å². The van der Waals surface area contributed by atoms with Crippen molar-refractivity contribution in [2.75, 3.05) is 16.8 Å². The number of hydrogen-bond acceptors (Lipinski definition) is 8. The van der Waals surface area contributed by atoms with Gasteiger partial charge in [0.15, 0.2) is 5.69 Å². The third-order valence-corrected chi connectivity index (χ3v) is 6.36. The molecule has 0 aliphatic heterocycles. The average Bonchev–Trinajstić information content (AvgIpc) is 3.40. The van der Waals surface area contributed by atoms with Crippen LogP contribution in [0, 0.1) is 10.1 Å². The number of carbonyl (C=O) groups is 2. The van der Waals surface area contributed by atoms with E-state index in [0.29, 0.717) is 22.7 Å². The van der Waals surface area contributed by atoms with E-state index in [9.17, 15) is 19.7 Å². The summed E-state index contributed by atoms with van der Waals surface area (Å²) in [5, 5.41) is 16.3. The van der Waals surface area contributed by atoms with Crippen molar-refractivity contribution in [3.8, 4) is 11.5 Å². The van der Waals surface area contributed by atoms with Crippen LogP contribution in [0.2, 0.25) is 0 Å². The molecule has 37 heavy (non-hydrogen) atoms. The molecule has 4 rings (SSSR count). The van der Waals surface area contributed by atoms with Gasteiger partial charge in [-0.3, -0.25) is 19.7 Å². The zero-order chi connectivity index (χ0) is 26.2. The highest BCUT2D eigenvalue weighted by Gasteiger charge is 2.24. The van der Waals surface area contributed by atoms with Gasteiger partial charge in [-0.15, -0.1) is 0 Å². The lowest BCUT2D eigenvalue weighted by Gasteiger charge is -2.18. The number of carbonyl (C=O) groups excluding carboxylic acids is 2. The number of nitro benzene ring substituents is 1. The van der Waals surface area contributed by atoms with Crippen LogP contribution in [0.3, 0.4) is 0 Å². The highest BCUT2D eigenvalue weighted by Crippen LogP contribution is 2.21. The minimum atomic E-state index is -0.909. The molecule has 1 heterocycles. The Hall–Kier alpha value is -4.64. The first-order valence-corrected chi connectivity index (χ1v) is 12.3. The molecule has 4 aromatic rings. The molecule has 0 saturated heterocycles. The molecule has 10 nitrogen and oxygen atoms in total. The summed E-state index contributed by atoms with van der Waals surface area (Å²) in [4.78, 5) is 40.6. The Bertz CT molecular complexity index is 1370. The first kappa shape index (κ1) is 25.5. The molecule has 0 bridgehead atoms. The van der Waals surface area contributed by atoms with Crippen LogP contribution in [-0.2, 0) is 10.5 Å². The summed E-state index contributed by atoms with van der Waals surface area (Å²) in [6, 6.07) is 21.1. The largest absolute Gasteiger partial charge is 0.444 e. The molecule has 11 heteroatoms. The van der Waals surface area contributed by atoms with Gasteiger partial charge in [-0.1, -0.05) is 30.3 Å². The smallest absolute Gasteiger partial charge is 0.273 e. The van der Waals surface area contributed by atoms with E-state index in [1.165, 1.54) is 42.3 Å². The van der Waals surface area contributed by atoms with E-state index < -0.39 is 22.8 Å². The monoisotopic (exact) mass is 517 g/mol. The molecule has 3 aromatic carbocycles. The number of non-ortho nitro benzene ring substituents is 1. The van der Waals surface area contributed by atoms with Crippen molar-refractivity contribution in [3.63, 3.8) is 0 Å². The second-order valence-corrected chi connectivity index (χ2v) is 9.01. The normalized spacial score (nSPS) is 11.5. The number of nitrogens with two attached hydrogens (primary N) is 1. The summed E-state index contributed by atoms with van der Waals surface area (Å²) in [5.41, 5.74) is 8.33. The fourth-order valence-corrected chi connectivity index (χ4v) is 4.33. The lowest BCUT2D eigenvalue weighted by molar-refractivity contribution is -0.384. The maximum atomic E-state index is 13.1. The van der Waals surface area contributed by atoms with Gasteiger partial charge in [0.05, 0.1) is 4.92 Å². The number of nitrogens with zero attached hydrogens (tertiary/aromatic N) is 2. The van der Waals surface area contributed by atoms with Gasteiger partial charge in [0.25, 0.3) is 11.6 Å². The Balaban J connectivity index is 1.45. The third-order valence-electron chi connectivity index (χ3n) is 5.26. The quantitative estimate of drug-likeness (QED) is 0.158. The number of benzene rings is 3. The molecular weight excluding hydrogens is 494 g/mol. The number of hydrogen-bond donors (Lipinski definition) is 3. The summed E-state index contributed by atoms with van der Waals surface area (Å²) >= 11 is 1.48. The minimum absolute atomic E-state index is 0.0213. The van der Waals surface area contributed by atoms with Crippen LogP contribution >= 0.6 is 11.8 Å². The first-order valence-electron chi connectivity index (χ1n) is 11.2. The highest BCUT2D eigenvalue weighted by atomic mass is 32.2. The molecule has 1 atom stereocenters. The second kappa shape index (κ2) is 11.9. The fourth-order valence-electron chi connectivity index (χ4n) is 3.32. The second-order valence-electron chi connectivity index (χ2n) is 7.98. The topological polar surface area (TPSA) is 153 Å². The number of oxazole rings is 1. The van der Waals surface area contributed by atoms with Crippen molar-refractivity contribution in [3.05, 3.63) is 106 Å². The van der Waals surface area contributed by atoms with Gasteiger partial charge >= 0.3 is 0 Å². The van der Waals surface area contributed by atoms with Gasteiger partial charge < -0.3 is 20.8 Å². The minimum Gasteiger partial charge on any atom is -0.444 e. The van der Waals surface area contributed by atoms with Crippen LogP contribution in [0.25, 0.3) is 11.5 Å². The molecule has 0 spiro atoms. The van der Waals surface area contributed by atoms with Crippen LogP contribution in [0.5, 0.6) is 0 Å². The molecule has 188 valence electrons. The molecule has 2 amide bonds. The van der Waals surface area contributed by atoms with E-state index in [2.05, 4.69) is 15.6 Å². The zero-order valence-electron chi connectivity index (χ0n) is 19.5. The number of rotatable bonds is 10. The van der Waals surface area contributed by atoms with Gasteiger partial charge in [-0.25, -0.2) is 4.98 Å². The summed E-state index contributed by atoms with van der Waals surface area (Å²) in [6.07, 6.45) is 1.23. The maximum Gasteiger partial charge on any atom is 0.273 e. The van der Waals surface area contributed by atoms with E-state index >= 15 is 0 Å². The number of nitro groups is 1. The number of nitrogens with one attached hydrogen (secondary N) is 2. The first-order chi connectivity index (χ1) is 17.9. The van der Waals surface area contributed by atoms with E-state index in [1.54, 1.807) is 24.3 Å². The number of aromatic nitrogens is 1.